The van der Waals surface area contributed by atoms with E-state index in [-0.39, 0.29) is 0 Å². The van der Waals surface area contributed by atoms with Crippen molar-refractivity contribution in [3.05, 3.63) is 23.3 Å². The summed E-state index contributed by atoms with van der Waals surface area (Å²) in [6.45, 7) is 11.0. The van der Waals surface area contributed by atoms with Gasteiger partial charge < -0.3 is 21.1 Å². The maximum absolute atomic E-state index is 11.0. The number of hydrogen-bond donors (Lipinski definition) is 2. The molecule has 0 fully saturated rings. The molecule has 0 radical (unpaired) electrons. The van der Waals surface area contributed by atoms with Crippen LogP contribution >= 0.6 is 0 Å². The van der Waals surface area contributed by atoms with E-state index in [0.717, 1.165) is 23.4 Å². The van der Waals surface area contributed by atoms with E-state index in [4.69, 9.17) is 16.2 Å². The number of nitrogens with two attached hydrogens (primary N) is 2. The maximum atomic E-state index is 11.0. The van der Waals surface area contributed by atoms with E-state index in [0.29, 0.717) is 18.0 Å². The van der Waals surface area contributed by atoms with Gasteiger partial charge in [0.15, 0.2) is 0 Å². The first-order chi connectivity index (χ1) is 10.0. The average Bonchev–Trinajstić information content (AvgIpc) is 2.29. The fourth-order valence-corrected chi connectivity index (χ4v) is 2.74. The Morgan fingerprint density at radius 2 is 1.95 bits per heavy atom. The fourth-order valence-electron chi connectivity index (χ4n) is 2.74. The molecule has 0 spiro atoms. The fraction of sp³-hybridized carbons (Fsp3) is 0.588. The number of benzene rings is 1. The Kier molecular flexibility index (Phi) is 5.69. The normalized spacial score (nSPS) is 11.6. The number of aryl methyl sites for hydroxylation is 1. The predicted molar refractivity (Wildman–Crippen MR) is 92.2 cm³/mol. The quantitative estimate of drug-likeness (QED) is 0.791. The van der Waals surface area contributed by atoms with Crippen LogP contribution in [0.15, 0.2) is 12.1 Å². The lowest BCUT2D eigenvalue weighted by molar-refractivity contribution is 0.0461. The standard InChI is InChI=1S/C17H29N3O2/c1-11(2)10-20(6)15-8-13(14(18)7-12(15)3)9-17(4,5)22-16(19)21/h7-8,11H,9-10,18H2,1-6H3,(H2,19,21). The Morgan fingerprint density at radius 1 is 1.36 bits per heavy atom. The molecule has 0 aliphatic rings. The maximum Gasteiger partial charge on any atom is 0.405 e. The molecule has 0 saturated carbocycles. The summed E-state index contributed by atoms with van der Waals surface area (Å²) < 4.78 is 5.16. The second-order valence-corrected chi connectivity index (χ2v) is 6.97. The molecule has 0 atom stereocenters. The van der Waals surface area contributed by atoms with Crippen LogP contribution in [0.25, 0.3) is 0 Å². The number of carbonyl (C=O) groups excluding carboxylic acids is 1. The van der Waals surface area contributed by atoms with Gasteiger partial charge in [0.25, 0.3) is 0 Å². The van der Waals surface area contributed by atoms with Gasteiger partial charge >= 0.3 is 6.09 Å². The molecule has 1 amide bonds. The van der Waals surface area contributed by atoms with Crippen molar-refractivity contribution in [1.82, 2.24) is 0 Å². The van der Waals surface area contributed by atoms with Gasteiger partial charge in [0.05, 0.1) is 0 Å². The van der Waals surface area contributed by atoms with Crippen molar-refractivity contribution in [3.63, 3.8) is 0 Å². The van der Waals surface area contributed by atoms with Crippen LogP contribution in [0.4, 0.5) is 16.2 Å². The molecule has 5 heteroatoms. The van der Waals surface area contributed by atoms with Crippen LogP contribution < -0.4 is 16.4 Å². The van der Waals surface area contributed by atoms with Crippen molar-refractivity contribution in [1.29, 1.82) is 0 Å². The first-order valence-corrected chi connectivity index (χ1v) is 7.60. The SMILES string of the molecule is Cc1cc(N)c(CC(C)(C)OC(N)=O)cc1N(C)CC(C)C. The van der Waals surface area contributed by atoms with Crippen LogP contribution in [0, 0.1) is 12.8 Å². The van der Waals surface area contributed by atoms with E-state index in [1.807, 2.05) is 19.9 Å². The third-order valence-corrected chi connectivity index (χ3v) is 3.50. The largest absolute Gasteiger partial charge is 0.443 e. The number of rotatable bonds is 6. The minimum absolute atomic E-state index is 0.518. The number of hydrogen-bond acceptors (Lipinski definition) is 4. The van der Waals surface area contributed by atoms with Crippen LogP contribution in [0.3, 0.4) is 0 Å². The van der Waals surface area contributed by atoms with Gasteiger partial charge in [-0.25, -0.2) is 4.79 Å². The van der Waals surface area contributed by atoms with Crippen molar-refractivity contribution in [3.8, 4) is 0 Å². The summed E-state index contributed by atoms with van der Waals surface area (Å²) in [6.07, 6.45) is -0.252. The molecule has 5 nitrogen and oxygen atoms in total. The Hall–Kier alpha value is -1.91. The van der Waals surface area contributed by atoms with Gasteiger partial charge in [0.2, 0.25) is 0 Å². The lowest BCUT2D eigenvalue weighted by atomic mass is 9.95. The number of carbonyl (C=O) groups is 1. The van der Waals surface area contributed by atoms with Crippen molar-refractivity contribution in [2.24, 2.45) is 11.7 Å². The first kappa shape index (κ1) is 18.1. The Balaban J connectivity index is 3.08. The molecular formula is C17H29N3O2. The van der Waals surface area contributed by atoms with Crippen molar-refractivity contribution in [2.75, 3.05) is 24.2 Å². The summed E-state index contributed by atoms with van der Waals surface area (Å²) in [5.41, 5.74) is 14.5. The summed E-state index contributed by atoms with van der Waals surface area (Å²) in [7, 11) is 2.08. The molecule has 0 heterocycles. The number of primary amides is 1. The Bertz CT molecular complexity index is 539. The number of anilines is 2. The highest BCUT2D eigenvalue weighted by Gasteiger charge is 2.24. The van der Waals surface area contributed by atoms with E-state index >= 15 is 0 Å². The van der Waals surface area contributed by atoms with Crippen molar-refractivity contribution >= 4 is 17.5 Å². The monoisotopic (exact) mass is 307 g/mol. The summed E-state index contributed by atoms with van der Waals surface area (Å²) in [5.74, 6) is 0.569. The van der Waals surface area contributed by atoms with E-state index in [1.165, 1.54) is 0 Å². The second kappa shape index (κ2) is 6.90. The topological polar surface area (TPSA) is 81.6 Å². The molecule has 1 aromatic carbocycles. The first-order valence-electron chi connectivity index (χ1n) is 7.60. The zero-order valence-corrected chi connectivity index (χ0v) is 14.6. The van der Waals surface area contributed by atoms with Crippen molar-refractivity contribution < 1.29 is 9.53 Å². The molecule has 0 aliphatic heterocycles. The Labute approximate surface area is 133 Å². The highest BCUT2D eigenvalue weighted by molar-refractivity contribution is 5.66. The highest BCUT2D eigenvalue weighted by atomic mass is 16.6. The third kappa shape index (κ3) is 5.13. The number of amides is 1. The van der Waals surface area contributed by atoms with Crippen LogP contribution in [0.5, 0.6) is 0 Å². The molecule has 124 valence electrons. The van der Waals surface area contributed by atoms with Gasteiger partial charge in [-0.05, 0) is 49.9 Å². The molecule has 4 N–H and O–H groups in total. The zero-order chi connectivity index (χ0) is 17.1. The van der Waals surface area contributed by atoms with Gasteiger partial charge in [-0.2, -0.15) is 0 Å². The minimum Gasteiger partial charge on any atom is -0.443 e. The molecule has 0 aliphatic carbocycles. The lowest BCUT2D eigenvalue weighted by Gasteiger charge is -2.28. The van der Waals surface area contributed by atoms with Crippen molar-refractivity contribution in [2.45, 2.75) is 46.6 Å². The van der Waals surface area contributed by atoms with Crippen LogP contribution in [0.2, 0.25) is 0 Å². The lowest BCUT2D eigenvalue weighted by Crippen LogP contribution is -2.33. The number of nitrogens with zero attached hydrogens (tertiary/aromatic N) is 1. The second-order valence-electron chi connectivity index (χ2n) is 6.97. The smallest absolute Gasteiger partial charge is 0.405 e. The molecule has 22 heavy (non-hydrogen) atoms. The van der Waals surface area contributed by atoms with Gasteiger partial charge in [-0.15, -0.1) is 0 Å². The molecular weight excluding hydrogens is 278 g/mol. The molecule has 0 unspecified atom stereocenters. The van der Waals surface area contributed by atoms with Crippen LogP contribution in [-0.4, -0.2) is 25.3 Å². The van der Waals surface area contributed by atoms with E-state index in [2.05, 4.69) is 38.8 Å². The molecule has 1 aromatic rings. The number of ether oxygens (including phenoxy) is 1. The van der Waals surface area contributed by atoms with E-state index in [1.54, 1.807) is 0 Å². The van der Waals surface area contributed by atoms with Gasteiger partial charge in [-0.3, -0.25) is 0 Å². The highest BCUT2D eigenvalue weighted by Crippen LogP contribution is 2.29. The Morgan fingerprint density at radius 3 is 2.45 bits per heavy atom. The molecule has 0 saturated heterocycles. The van der Waals surface area contributed by atoms with Gasteiger partial charge in [-0.1, -0.05) is 13.8 Å². The third-order valence-electron chi connectivity index (χ3n) is 3.50. The molecule has 0 bridgehead atoms. The molecule has 0 aromatic heterocycles. The summed E-state index contributed by atoms with van der Waals surface area (Å²) in [4.78, 5) is 13.2. The van der Waals surface area contributed by atoms with Crippen LogP contribution in [-0.2, 0) is 11.2 Å². The zero-order valence-electron chi connectivity index (χ0n) is 14.6. The van der Waals surface area contributed by atoms with Gasteiger partial charge in [0.1, 0.15) is 5.60 Å². The van der Waals surface area contributed by atoms with E-state index < -0.39 is 11.7 Å². The number of nitrogen functional groups attached to an aromatic ring is 1. The summed E-state index contributed by atoms with van der Waals surface area (Å²) in [5, 5.41) is 0. The summed E-state index contributed by atoms with van der Waals surface area (Å²) >= 11 is 0. The predicted octanol–water partition coefficient (Wildman–Crippen LogP) is 3.09. The van der Waals surface area contributed by atoms with E-state index in [9.17, 15) is 4.79 Å². The van der Waals surface area contributed by atoms with Crippen LogP contribution in [0.1, 0.15) is 38.8 Å². The minimum atomic E-state index is -0.771. The van der Waals surface area contributed by atoms with Gasteiger partial charge in [0, 0.05) is 31.4 Å². The summed E-state index contributed by atoms with van der Waals surface area (Å²) in [6, 6.07) is 4.06. The molecule has 1 rings (SSSR count). The average molecular weight is 307 g/mol.